The van der Waals surface area contributed by atoms with Crippen molar-refractivity contribution in [1.29, 1.82) is 0 Å². The number of hydrogen-bond donors (Lipinski definition) is 4. The highest BCUT2D eigenvalue weighted by Crippen LogP contribution is 2.31. The summed E-state index contributed by atoms with van der Waals surface area (Å²) in [5.41, 5.74) is -0.686. The Balaban J connectivity index is 3.35. The van der Waals surface area contributed by atoms with Crippen LogP contribution in [0.25, 0.3) is 0 Å². The monoisotopic (exact) mass is 509 g/mol. The lowest BCUT2D eigenvalue weighted by atomic mass is 9.99. The average Bonchev–Trinajstić information content (AvgIpc) is 2.79. The SMILES string of the molecule is CCOC(=O)CCNC(=O)C(c1ccccc1O)N(C(=O)C(CO)NC(=O)OC(C)(C)C)C(C)CC. The molecular weight excluding hydrogens is 470 g/mol. The molecule has 11 nitrogen and oxygen atoms in total. The number of alkyl carbamates (subject to hydrolysis) is 1. The van der Waals surface area contributed by atoms with E-state index in [1.54, 1.807) is 53.7 Å². The van der Waals surface area contributed by atoms with Crippen LogP contribution < -0.4 is 10.6 Å². The number of nitrogens with zero attached hydrogens (tertiary/aromatic N) is 1. The first kappa shape index (κ1) is 30.7. The molecule has 3 amide bonds. The van der Waals surface area contributed by atoms with Crippen molar-refractivity contribution in [2.75, 3.05) is 19.8 Å². The van der Waals surface area contributed by atoms with Crippen LogP contribution >= 0.6 is 0 Å². The number of ether oxygens (including phenoxy) is 2. The second-order valence-electron chi connectivity index (χ2n) is 9.19. The van der Waals surface area contributed by atoms with E-state index < -0.39 is 54.2 Å². The zero-order chi connectivity index (χ0) is 27.5. The molecule has 36 heavy (non-hydrogen) atoms. The number of esters is 1. The van der Waals surface area contributed by atoms with E-state index in [9.17, 15) is 29.4 Å². The fourth-order valence-electron chi connectivity index (χ4n) is 3.36. The van der Waals surface area contributed by atoms with Crippen LogP contribution in [0.2, 0.25) is 0 Å². The number of amides is 3. The molecule has 3 unspecified atom stereocenters. The zero-order valence-electron chi connectivity index (χ0n) is 21.9. The van der Waals surface area contributed by atoms with Crippen LogP contribution in [0.5, 0.6) is 5.75 Å². The van der Waals surface area contributed by atoms with Gasteiger partial charge in [-0.25, -0.2) is 4.79 Å². The van der Waals surface area contributed by atoms with Crippen LogP contribution in [0.1, 0.15) is 66.0 Å². The fourth-order valence-corrected chi connectivity index (χ4v) is 3.36. The third-order valence-electron chi connectivity index (χ3n) is 5.18. The molecule has 1 aromatic rings. The molecule has 0 aromatic heterocycles. The number of carbonyl (C=O) groups excluding carboxylic acids is 4. The number of aliphatic hydroxyl groups excluding tert-OH is 1. The molecule has 202 valence electrons. The first-order valence-corrected chi connectivity index (χ1v) is 12.0. The number of aromatic hydroxyl groups is 1. The van der Waals surface area contributed by atoms with E-state index in [1.807, 2.05) is 0 Å². The van der Waals surface area contributed by atoms with Crippen LogP contribution in [-0.2, 0) is 23.9 Å². The van der Waals surface area contributed by atoms with Gasteiger partial charge in [0.1, 0.15) is 23.4 Å². The van der Waals surface area contributed by atoms with Gasteiger partial charge in [-0.2, -0.15) is 0 Å². The average molecular weight is 510 g/mol. The Bertz CT molecular complexity index is 900. The summed E-state index contributed by atoms with van der Waals surface area (Å²) in [6.45, 7) is 9.56. The van der Waals surface area contributed by atoms with Gasteiger partial charge in [-0.05, 0) is 47.1 Å². The summed E-state index contributed by atoms with van der Waals surface area (Å²) < 4.78 is 10.1. The summed E-state index contributed by atoms with van der Waals surface area (Å²) >= 11 is 0. The van der Waals surface area contributed by atoms with Crippen molar-refractivity contribution in [3.8, 4) is 5.75 Å². The lowest BCUT2D eigenvalue weighted by Crippen LogP contribution is -2.56. The Kier molecular flexibility index (Phi) is 12.2. The number of rotatable bonds is 12. The standard InChI is InChI=1S/C25H39N3O8/c1-7-16(3)28(23(33)18(15-29)27-24(34)36-25(4,5)6)21(17-11-9-10-12-19(17)30)22(32)26-14-13-20(31)35-8-2/h9-12,16,18,21,29-30H,7-8,13-15H2,1-6H3,(H,26,32)(H,27,34). The molecule has 4 N–H and O–H groups in total. The zero-order valence-corrected chi connectivity index (χ0v) is 21.9. The molecule has 0 radical (unpaired) electrons. The Labute approximate surface area is 212 Å². The molecule has 0 spiro atoms. The molecule has 3 atom stereocenters. The molecule has 1 aromatic carbocycles. The van der Waals surface area contributed by atoms with E-state index in [4.69, 9.17) is 9.47 Å². The number of carbonyl (C=O) groups is 4. The van der Waals surface area contributed by atoms with Gasteiger partial charge in [0.2, 0.25) is 11.8 Å². The minimum absolute atomic E-state index is 0.0517. The van der Waals surface area contributed by atoms with E-state index in [1.165, 1.54) is 17.0 Å². The first-order chi connectivity index (χ1) is 16.9. The first-order valence-electron chi connectivity index (χ1n) is 12.0. The van der Waals surface area contributed by atoms with Crippen molar-refractivity contribution in [3.05, 3.63) is 29.8 Å². The third-order valence-corrected chi connectivity index (χ3v) is 5.18. The number of aliphatic hydroxyl groups is 1. The minimum atomic E-state index is -1.41. The van der Waals surface area contributed by atoms with Gasteiger partial charge in [0.15, 0.2) is 0 Å². The van der Waals surface area contributed by atoms with Crippen molar-refractivity contribution in [1.82, 2.24) is 15.5 Å². The molecule has 0 aliphatic rings. The van der Waals surface area contributed by atoms with Gasteiger partial charge >= 0.3 is 12.1 Å². The summed E-state index contributed by atoms with van der Waals surface area (Å²) in [6, 6.07) is 2.81. The summed E-state index contributed by atoms with van der Waals surface area (Å²) in [5, 5.41) is 25.4. The van der Waals surface area contributed by atoms with Gasteiger partial charge < -0.3 is 35.2 Å². The highest BCUT2D eigenvalue weighted by atomic mass is 16.6. The van der Waals surface area contributed by atoms with Crippen molar-refractivity contribution in [3.63, 3.8) is 0 Å². The van der Waals surface area contributed by atoms with Gasteiger partial charge in [0.25, 0.3) is 0 Å². The van der Waals surface area contributed by atoms with Crippen LogP contribution in [0.15, 0.2) is 24.3 Å². The molecule has 0 aliphatic heterocycles. The largest absolute Gasteiger partial charge is 0.508 e. The normalized spacial score (nSPS) is 13.6. The van der Waals surface area contributed by atoms with Crippen LogP contribution in [0, 0.1) is 0 Å². The third kappa shape index (κ3) is 9.37. The maximum atomic E-state index is 13.6. The maximum Gasteiger partial charge on any atom is 0.408 e. The Morgan fingerprint density at radius 3 is 2.28 bits per heavy atom. The molecule has 0 saturated heterocycles. The van der Waals surface area contributed by atoms with Crippen LogP contribution in [0.3, 0.4) is 0 Å². The van der Waals surface area contributed by atoms with Gasteiger partial charge in [0, 0.05) is 18.2 Å². The fraction of sp³-hybridized carbons (Fsp3) is 0.600. The lowest BCUT2D eigenvalue weighted by Gasteiger charge is -2.38. The number of benzene rings is 1. The molecule has 1 rings (SSSR count). The van der Waals surface area contributed by atoms with Crippen molar-refractivity contribution in [2.24, 2.45) is 0 Å². The van der Waals surface area contributed by atoms with E-state index in [2.05, 4.69) is 10.6 Å². The van der Waals surface area contributed by atoms with Crippen LogP contribution in [-0.4, -0.2) is 76.4 Å². The second kappa shape index (κ2) is 14.3. The smallest absolute Gasteiger partial charge is 0.408 e. The number of nitrogens with one attached hydrogen (secondary N) is 2. The Hall–Kier alpha value is -3.34. The van der Waals surface area contributed by atoms with Crippen molar-refractivity contribution in [2.45, 2.75) is 78.1 Å². The molecule has 0 fully saturated rings. The predicted molar refractivity (Wildman–Crippen MR) is 132 cm³/mol. The lowest BCUT2D eigenvalue weighted by molar-refractivity contribution is -0.146. The molecule has 0 heterocycles. The van der Waals surface area contributed by atoms with Crippen molar-refractivity contribution < 1.29 is 38.9 Å². The van der Waals surface area contributed by atoms with Gasteiger partial charge in [-0.1, -0.05) is 25.1 Å². The number of phenols is 1. The maximum absolute atomic E-state index is 13.6. The minimum Gasteiger partial charge on any atom is -0.508 e. The number of para-hydroxylation sites is 1. The summed E-state index contributed by atoms with van der Waals surface area (Å²) in [7, 11) is 0. The Morgan fingerprint density at radius 1 is 1.11 bits per heavy atom. The van der Waals surface area contributed by atoms with E-state index in [-0.39, 0.29) is 30.9 Å². The molecule has 11 heteroatoms. The van der Waals surface area contributed by atoms with E-state index in [0.29, 0.717) is 6.42 Å². The Morgan fingerprint density at radius 2 is 1.75 bits per heavy atom. The highest BCUT2D eigenvalue weighted by molar-refractivity contribution is 5.93. The second-order valence-corrected chi connectivity index (χ2v) is 9.19. The van der Waals surface area contributed by atoms with Gasteiger partial charge in [-0.15, -0.1) is 0 Å². The predicted octanol–water partition coefficient (Wildman–Crippen LogP) is 2.02. The van der Waals surface area contributed by atoms with E-state index in [0.717, 1.165) is 0 Å². The molecule has 0 bridgehead atoms. The van der Waals surface area contributed by atoms with Gasteiger partial charge in [-0.3, -0.25) is 14.4 Å². The number of hydrogen-bond acceptors (Lipinski definition) is 8. The topological polar surface area (TPSA) is 154 Å². The molecule has 0 aliphatic carbocycles. The summed E-state index contributed by atoms with van der Waals surface area (Å²) in [4.78, 5) is 52.2. The summed E-state index contributed by atoms with van der Waals surface area (Å²) in [5.74, 6) is -2.10. The highest BCUT2D eigenvalue weighted by Gasteiger charge is 2.39. The van der Waals surface area contributed by atoms with Gasteiger partial charge in [0.05, 0.1) is 19.6 Å². The number of phenolic OH excluding ortho intramolecular Hbond substituents is 1. The molecule has 0 saturated carbocycles. The van der Waals surface area contributed by atoms with E-state index >= 15 is 0 Å². The molecular formula is C25H39N3O8. The summed E-state index contributed by atoms with van der Waals surface area (Å²) in [6.07, 6.45) is -0.558. The van der Waals surface area contributed by atoms with Crippen molar-refractivity contribution >= 4 is 23.9 Å². The quantitative estimate of drug-likeness (QED) is 0.312. The van der Waals surface area contributed by atoms with Crippen LogP contribution in [0.4, 0.5) is 4.79 Å².